The lowest BCUT2D eigenvalue weighted by Crippen LogP contribution is -2.48. The van der Waals surface area contributed by atoms with E-state index in [9.17, 15) is 0 Å². The van der Waals surface area contributed by atoms with Crippen LogP contribution in [-0.4, -0.2) is 67.7 Å². The fraction of sp³-hybridized carbons (Fsp3) is 0.650. The quantitative estimate of drug-likeness (QED) is 0.658. The zero-order valence-electron chi connectivity index (χ0n) is 15.7. The second-order valence-corrected chi connectivity index (χ2v) is 7.09. The molecule has 2 fully saturated rings. The highest BCUT2D eigenvalue weighted by molar-refractivity contribution is 5.80. The number of piperidine rings is 1. The summed E-state index contributed by atoms with van der Waals surface area (Å²) in [5.74, 6) is 2.05. The van der Waals surface area contributed by atoms with Crippen molar-refractivity contribution in [3.63, 3.8) is 0 Å². The molecule has 138 valence electrons. The van der Waals surface area contributed by atoms with E-state index in [0.29, 0.717) is 12.1 Å². The van der Waals surface area contributed by atoms with E-state index in [1.54, 1.807) is 0 Å². The van der Waals surface area contributed by atoms with E-state index >= 15 is 0 Å². The third kappa shape index (κ3) is 5.11. The standard InChI is InChI=1S/C20H32N4O/c1-3-21-20(22-16-17-8-7-13-23(17)2)24-14-11-19(12-15-24)25-18-9-5-4-6-10-18/h4-6,9-10,17,19H,3,7-8,11-16H2,1-2H3,(H,21,22). The summed E-state index contributed by atoms with van der Waals surface area (Å²) in [6.07, 6.45) is 4.97. The number of benzene rings is 1. The van der Waals surface area contributed by atoms with Crippen molar-refractivity contribution in [3.05, 3.63) is 30.3 Å². The molecule has 25 heavy (non-hydrogen) atoms. The molecule has 0 aliphatic carbocycles. The van der Waals surface area contributed by atoms with Gasteiger partial charge in [-0.1, -0.05) is 18.2 Å². The van der Waals surface area contributed by atoms with Gasteiger partial charge in [0.2, 0.25) is 0 Å². The summed E-state index contributed by atoms with van der Waals surface area (Å²) in [5, 5.41) is 3.47. The number of hydrogen-bond donors (Lipinski definition) is 1. The molecule has 0 saturated carbocycles. The number of aliphatic imine (C=N–C) groups is 1. The van der Waals surface area contributed by atoms with Gasteiger partial charge in [0.05, 0.1) is 6.54 Å². The van der Waals surface area contributed by atoms with Crippen LogP contribution < -0.4 is 10.1 Å². The lowest BCUT2D eigenvalue weighted by Gasteiger charge is -2.34. The van der Waals surface area contributed by atoms with Gasteiger partial charge >= 0.3 is 0 Å². The molecule has 2 heterocycles. The van der Waals surface area contributed by atoms with Crippen molar-refractivity contribution in [2.75, 3.05) is 39.8 Å². The largest absolute Gasteiger partial charge is 0.490 e. The molecule has 2 aliphatic rings. The third-order valence-corrected chi connectivity index (χ3v) is 5.25. The van der Waals surface area contributed by atoms with Crippen LogP contribution in [0.4, 0.5) is 0 Å². The Balaban J connectivity index is 1.51. The van der Waals surface area contributed by atoms with Gasteiger partial charge in [0.15, 0.2) is 5.96 Å². The minimum absolute atomic E-state index is 0.308. The molecule has 2 saturated heterocycles. The molecule has 0 spiro atoms. The second kappa shape index (κ2) is 9.09. The fourth-order valence-corrected chi connectivity index (χ4v) is 3.70. The van der Waals surface area contributed by atoms with Crippen molar-refractivity contribution in [1.82, 2.24) is 15.1 Å². The third-order valence-electron chi connectivity index (χ3n) is 5.25. The highest BCUT2D eigenvalue weighted by Crippen LogP contribution is 2.19. The molecule has 0 amide bonds. The Labute approximate surface area is 152 Å². The van der Waals surface area contributed by atoms with Crippen LogP contribution in [0.3, 0.4) is 0 Å². The minimum atomic E-state index is 0.308. The van der Waals surface area contributed by atoms with Gasteiger partial charge in [-0.2, -0.15) is 0 Å². The minimum Gasteiger partial charge on any atom is -0.490 e. The Morgan fingerprint density at radius 1 is 1.16 bits per heavy atom. The van der Waals surface area contributed by atoms with E-state index in [4.69, 9.17) is 9.73 Å². The monoisotopic (exact) mass is 344 g/mol. The van der Waals surface area contributed by atoms with Gasteiger partial charge in [0.1, 0.15) is 11.9 Å². The van der Waals surface area contributed by atoms with E-state index in [0.717, 1.165) is 50.7 Å². The van der Waals surface area contributed by atoms with Crippen LogP contribution in [0.2, 0.25) is 0 Å². The molecule has 5 heteroatoms. The van der Waals surface area contributed by atoms with Crippen molar-refractivity contribution in [1.29, 1.82) is 0 Å². The van der Waals surface area contributed by atoms with Crippen molar-refractivity contribution >= 4 is 5.96 Å². The van der Waals surface area contributed by atoms with Crippen LogP contribution in [0.1, 0.15) is 32.6 Å². The van der Waals surface area contributed by atoms with Gasteiger partial charge in [-0.25, -0.2) is 0 Å². The Morgan fingerprint density at radius 3 is 2.56 bits per heavy atom. The predicted molar refractivity (Wildman–Crippen MR) is 103 cm³/mol. The number of hydrogen-bond acceptors (Lipinski definition) is 3. The molecule has 5 nitrogen and oxygen atoms in total. The number of guanidine groups is 1. The molecular formula is C20H32N4O. The van der Waals surface area contributed by atoms with Gasteiger partial charge in [-0.3, -0.25) is 4.99 Å². The van der Waals surface area contributed by atoms with Gasteiger partial charge in [-0.05, 0) is 45.5 Å². The van der Waals surface area contributed by atoms with Crippen LogP contribution in [0.15, 0.2) is 35.3 Å². The Kier molecular flexibility index (Phi) is 6.56. The fourth-order valence-electron chi connectivity index (χ4n) is 3.70. The van der Waals surface area contributed by atoms with E-state index < -0.39 is 0 Å². The Hall–Kier alpha value is -1.75. The highest BCUT2D eigenvalue weighted by Gasteiger charge is 2.24. The van der Waals surface area contributed by atoms with E-state index in [2.05, 4.69) is 29.1 Å². The van der Waals surface area contributed by atoms with Gasteiger partial charge < -0.3 is 19.9 Å². The summed E-state index contributed by atoms with van der Waals surface area (Å²) in [7, 11) is 2.21. The first-order chi connectivity index (χ1) is 12.3. The lowest BCUT2D eigenvalue weighted by molar-refractivity contribution is 0.129. The van der Waals surface area contributed by atoms with Crippen molar-refractivity contribution in [2.45, 2.75) is 44.8 Å². The van der Waals surface area contributed by atoms with Crippen LogP contribution in [-0.2, 0) is 0 Å². The zero-order valence-corrected chi connectivity index (χ0v) is 15.7. The van der Waals surface area contributed by atoms with Crippen LogP contribution in [0.25, 0.3) is 0 Å². The molecule has 1 aromatic rings. The smallest absolute Gasteiger partial charge is 0.193 e. The highest BCUT2D eigenvalue weighted by atomic mass is 16.5. The number of nitrogens with zero attached hydrogens (tertiary/aromatic N) is 3. The van der Waals surface area contributed by atoms with Crippen LogP contribution in [0, 0.1) is 0 Å². The van der Waals surface area contributed by atoms with Crippen molar-refractivity contribution in [3.8, 4) is 5.75 Å². The topological polar surface area (TPSA) is 40.1 Å². The number of ether oxygens (including phenoxy) is 1. The number of para-hydroxylation sites is 1. The van der Waals surface area contributed by atoms with Crippen molar-refractivity contribution in [2.24, 2.45) is 4.99 Å². The first-order valence-electron chi connectivity index (χ1n) is 9.71. The lowest BCUT2D eigenvalue weighted by atomic mass is 10.1. The van der Waals surface area contributed by atoms with Crippen LogP contribution >= 0.6 is 0 Å². The second-order valence-electron chi connectivity index (χ2n) is 7.09. The van der Waals surface area contributed by atoms with Crippen molar-refractivity contribution < 1.29 is 4.74 Å². The normalized spacial score (nSPS) is 23.0. The average molecular weight is 345 g/mol. The Morgan fingerprint density at radius 2 is 1.92 bits per heavy atom. The molecule has 1 unspecified atom stereocenters. The maximum atomic E-state index is 6.11. The SMILES string of the molecule is CCNC(=NCC1CCCN1C)N1CCC(Oc2ccccc2)CC1. The maximum Gasteiger partial charge on any atom is 0.193 e. The summed E-state index contributed by atoms with van der Waals surface area (Å²) >= 11 is 0. The molecule has 1 N–H and O–H groups in total. The molecule has 0 aromatic heterocycles. The molecule has 1 atom stereocenters. The molecule has 1 aromatic carbocycles. The summed E-state index contributed by atoms with van der Waals surface area (Å²) < 4.78 is 6.11. The summed E-state index contributed by atoms with van der Waals surface area (Å²) in [6, 6.07) is 10.8. The zero-order chi connectivity index (χ0) is 17.5. The van der Waals surface area contributed by atoms with Gasteiger partial charge in [0.25, 0.3) is 0 Å². The maximum absolute atomic E-state index is 6.11. The number of rotatable bonds is 5. The molecule has 3 rings (SSSR count). The number of nitrogens with one attached hydrogen (secondary N) is 1. The average Bonchev–Trinajstić information content (AvgIpc) is 3.05. The molecular weight excluding hydrogens is 312 g/mol. The summed E-state index contributed by atoms with van der Waals surface area (Å²) in [5.41, 5.74) is 0. The Bertz CT molecular complexity index is 540. The number of likely N-dealkylation sites (N-methyl/N-ethyl adjacent to an activating group) is 1. The van der Waals surface area contributed by atoms with E-state index in [-0.39, 0.29) is 0 Å². The first-order valence-corrected chi connectivity index (χ1v) is 9.71. The molecule has 0 bridgehead atoms. The van der Waals surface area contributed by atoms with E-state index in [1.807, 2.05) is 30.3 Å². The molecule has 0 radical (unpaired) electrons. The predicted octanol–water partition coefficient (Wildman–Crippen LogP) is 2.59. The first kappa shape index (κ1) is 18.1. The van der Waals surface area contributed by atoms with E-state index in [1.165, 1.54) is 19.4 Å². The molecule has 2 aliphatic heterocycles. The van der Waals surface area contributed by atoms with Crippen LogP contribution in [0.5, 0.6) is 5.75 Å². The summed E-state index contributed by atoms with van der Waals surface area (Å²) in [6.45, 7) is 7.17. The number of likely N-dealkylation sites (tertiary alicyclic amines) is 2. The van der Waals surface area contributed by atoms with Gasteiger partial charge in [-0.15, -0.1) is 0 Å². The summed E-state index contributed by atoms with van der Waals surface area (Å²) in [4.78, 5) is 9.76. The van der Waals surface area contributed by atoms with Gasteiger partial charge in [0, 0.05) is 38.5 Å².